The summed E-state index contributed by atoms with van der Waals surface area (Å²) in [5.41, 5.74) is 3.22. The largest absolute Gasteiger partial charge is 0.0839 e. The van der Waals surface area contributed by atoms with Crippen LogP contribution in [0.5, 0.6) is 0 Å². The Hall–Kier alpha value is -0.520. The van der Waals surface area contributed by atoms with Gasteiger partial charge >= 0.3 is 0 Å². The van der Waals surface area contributed by atoms with Gasteiger partial charge in [-0.2, -0.15) is 0 Å². The lowest BCUT2D eigenvalue weighted by Gasteiger charge is -2.31. The van der Waals surface area contributed by atoms with Gasteiger partial charge in [0.25, 0.3) is 0 Å². The minimum atomic E-state index is 0.717. The molecule has 0 saturated heterocycles. The number of hydrogen-bond donors (Lipinski definition) is 0. The van der Waals surface area contributed by atoms with Gasteiger partial charge in [-0.25, -0.2) is 0 Å². The van der Waals surface area contributed by atoms with Gasteiger partial charge in [-0.1, -0.05) is 39.8 Å². The Morgan fingerprint density at radius 3 is 2.73 bits per heavy atom. The molecule has 0 saturated carbocycles. The molecule has 0 fully saturated rings. The lowest BCUT2D eigenvalue weighted by Crippen LogP contribution is -2.18. The van der Waals surface area contributed by atoms with Gasteiger partial charge in [-0.15, -0.1) is 0 Å². The van der Waals surface area contributed by atoms with Crippen LogP contribution >= 0.6 is 0 Å². The fourth-order valence-corrected chi connectivity index (χ4v) is 2.58. The van der Waals surface area contributed by atoms with Crippen molar-refractivity contribution in [3.63, 3.8) is 0 Å². The Bertz CT molecular complexity index is 257. The smallest absolute Gasteiger partial charge is 0.0165 e. The zero-order chi connectivity index (χ0) is 11.4. The topological polar surface area (TPSA) is 0 Å². The first kappa shape index (κ1) is 12.5. The maximum absolute atomic E-state index is 2.48. The zero-order valence-electron chi connectivity index (χ0n) is 11.0. The minimum Gasteiger partial charge on any atom is -0.0839 e. The molecule has 0 heteroatoms. The van der Waals surface area contributed by atoms with Gasteiger partial charge in [0.15, 0.2) is 0 Å². The molecule has 3 unspecified atom stereocenters. The maximum Gasteiger partial charge on any atom is -0.0165 e. The van der Waals surface area contributed by atoms with Crippen molar-refractivity contribution in [1.82, 2.24) is 0 Å². The van der Waals surface area contributed by atoms with Crippen LogP contribution in [0.4, 0.5) is 0 Å². The minimum absolute atomic E-state index is 0.717. The van der Waals surface area contributed by atoms with Gasteiger partial charge in [-0.05, 0) is 55.1 Å². The highest BCUT2D eigenvalue weighted by Gasteiger charge is 2.24. The van der Waals surface area contributed by atoms with Crippen molar-refractivity contribution < 1.29 is 0 Å². The molecule has 0 radical (unpaired) electrons. The fourth-order valence-electron chi connectivity index (χ4n) is 2.58. The third-order valence-corrected chi connectivity index (χ3v) is 4.12. The van der Waals surface area contributed by atoms with E-state index >= 15 is 0 Å². The number of rotatable bonds is 3. The Balaban J connectivity index is 2.90. The van der Waals surface area contributed by atoms with Gasteiger partial charge in [-0.3, -0.25) is 0 Å². The summed E-state index contributed by atoms with van der Waals surface area (Å²) in [5, 5.41) is 0. The summed E-state index contributed by atoms with van der Waals surface area (Å²) in [6, 6.07) is 0. The summed E-state index contributed by atoms with van der Waals surface area (Å²) < 4.78 is 0. The molecular weight excluding hydrogens is 180 g/mol. The van der Waals surface area contributed by atoms with E-state index in [9.17, 15) is 0 Å². The highest BCUT2D eigenvalue weighted by molar-refractivity contribution is 5.35. The monoisotopic (exact) mass is 206 g/mol. The van der Waals surface area contributed by atoms with Gasteiger partial charge in [0, 0.05) is 0 Å². The van der Waals surface area contributed by atoms with E-state index in [0.717, 1.165) is 11.8 Å². The van der Waals surface area contributed by atoms with Crippen LogP contribution in [0.15, 0.2) is 23.3 Å². The molecule has 1 rings (SSSR count). The molecule has 0 spiro atoms. The molecule has 0 aromatic rings. The van der Waals surface area contributed by atoms with Gasteiger partial charge in [0.1, 0.15) is 0 Å². The molecule has 1 aliphatic carbocycles. The van der Waals surface area contributed by atoms with Gasteiger partial charge in [0.05, 0.1) is 0 Å². The van der Waals surface area contributed by atoms with E-state index in [1.54, 1.807) is 11.1 Å². The first-order valence-electron chi connectivity index (χ1n) is 6.48. The summed E-state index contributed by atoms with van der Waals surface area (Å²) in [7, 11) is 0. The summed E-state index contributed by atoms with van der Waals surface area (Å²) in [6.45, 7) is 11.6. The average Bonchev–Trinajstić information content (AvgIpc) is 2.24. The zero-order valence-corrected chi connectivity index (χ0v) is 11.0. The standard InChI is InChI=1S/C15H26/c1-6-11(3)14(7-2)15-10-8-9-12(4)13(15)5/h7,10-13H,6,8-9H2,1-5H3/b14-7+. The molecule has 0 N–H and O–H groups in total. The van der Waals surface area contributed by atoms with E-state index in [-0.39, 0.29) is 0 Å². The maximum atomic E-state index is 2.48. The Labute approximate surface area is 95.5 Å². The van der Waals surface area contributed by atoms with Crippen LogP contribution in [0.1, 0.15) is 53.9 Å². The van der Waals surface area contributed by atoms with Crippen molar-refractivity contribution in [3.8, 4) is 0 Å². The first-order chi connectivity index (χ1) is 7.11. The molecule has 86 valence electrons. The van der Waals surface area contributed by atoms with Crippen molar-refractivity contribution in [3.05, 3.63) is 23.3 Å². The fraction of sp³-hybridized carbons (Fsp3) is 0.733. The quantitative estimate of drug-likeness (QED) is 0.611. The molecule has 0 heterocycles. The molecule has 0 aromatic heterocycles. The predicted molar refractivity (Wildman–Crippen MR) is 68.9 cm³/mol. The molecule has 15 heavy (non-hydrogen) atoms. The van der Waals surface area contributed by atoms with Crippen LogP contribution in [0, 0.1) is 17.8 Å². The Morgan fingerprint density at radius 1 is 1.53 bits per heavy atom. The second-order valence-corrected chi connectivity index (χ2v) is 5.06. The summed E-state index contributed by atoms with van der Waals surface area (Å²) in [5.74, 6) is 2.32. The van der Waals surface area contributed by atoms with E-state index in [1.807, 2.05) is 0 Å². The second kappa shape index (κ2) is 5.53. The summed E-state index contributed by atoms with van der Waals surface area (Å²) in [4.78, 5) is 0. The lowest BCUT2D eigenvalue weighted by molar-refractivity contribution is 0.390. The third-order valence-electron chi connectivity index (χ3n) is 4.12. The molecule has 1 aliphatic rings. The van der Waals surface area contributed by atoms with Gasteiger partial charge in [0.2, 0.25) is 0 Å². The highest BCUT2D eigenvalue weighted by atomic mass is 14.3. The van der Waals surface area contributed by atoms with E-state index in [4.69, 9.17) is 0 Å². The molecule has 0 aromatic carbocycles. The SMILES string of the molecule is C/C=C(/C1=CCCC(C)C1C)C(C)CC. The van der Waals surface area contributed by atoms with Crippen LogP contribution < -0.4 is 0 Å². The Kier molecular flexibility index (Phi) is 4.63. The molecular formula is C15H26. The van der Waals surface area contributed by atoms with E-state index in [2.05, 4.69) is 46.8 Å². The van der Waals surface area contributed by atoms with Crippen LogP contribution in [0.3, 0.4) is 0 Å². The first-order valence-corrected chi connectivity index (χ1v) is 6.48. The molecule has 0 bridgehead atoms. The van der Waals surface area contributed by atoms with Crippen molar-refractivity contribution in [1.29, 1.82) is 0 Å². The van der Waals surface area contributed by atoms with Crippen molar-refractivity contribution in [2.45, 2.75) is 53.9 Å². The van der Waals surface area contributed by atoms with Gasteiger partial charge < -0.3 is 0 Å². The highest BCUT2D eigenvalue weighted by Crippen LogP contribution is 2.37. The lowest BCUT2D eigenvalue weighted by atomic mass is 9.75. The molecule has 0 nitrogen and oxygen atoms in total. The normalized spacial score (nSPS) is 29.9. The average molecular weight is 206 g/mol. The van der Waals surface area contributed by atoms with E-state index in [1.165, 1.54) is 19.3 Å². The Morgan fingerprint density at radius 2 is 2.20 bits per heavy atom. The van der Waals surface area contributed by atoms with Crippen molar-refractivity contribution >= 4 is 0 Å². The van der Waals surface area contributed by atoms with Crippen LogP contribution in [-0.2, 0) is 0 Å². The van der Waals surface area contributed by atoms with Crippen LogP contribution in [0.25, 0.3) is 0 Å². The van der Waals surface area contributed by atoms with E-state index in [0.29, 0.717) is 5.92 Å². The number of hydrogen-bond acceptors (Lipinski definition) is 0. The van der Waals surface area contributed by atoms with Crippen molar-refractivity contribution in [2.75, 3.05) is 0 Å². The third kappa shape index (κ3) is 2.74. The van der Waals surface area contributed by atoms with E-state index < -0.39 is 0 Å². The molecule has 0 aliphatic heterocycles. The second-order valence-electron chi connectivity index (χ2n) is 5.06. The number of allylic oxidation sites excluding steroid dienone is 4. The van der Waals surface area contributed by atoms with Crippen molar-refractivity contribution in [2.24, 2.45) is 17.8 Å². The summed E-state index contributed by atoms with van der Waals surface area (Å²) >= 11 is 0. The predicted octanol–water partition coefficient (Wildman–Crippen LogP) is 4.97. The van der Waals surface area contributed by atoms with Crippen LogP contribution in [0.2, 0.25) is 0 Å². The molecule has 0 amide bonds. The summed E-state index contributed by atoms with van der Waals surface area (Å²) in [6.07, 6.45) is 8.69. The molecule has 3 atom stereocenters. The van der Waals surface area contributed by atoms with Crippen LogP contribution in [-0.4, -0.2) is 0 Å².